The van der Waals surface area contributed by atoms with Crippen molar-refractivity contribution in [3.8, 4) is 0 Å². The first-order valence-electron chi connectivity index (χ1n) is 4.73. The predicted octanol–water partition coefficient (Wildman–Crippen LogP) is 0.949. The zero-order valence-electron chi connectivity index (χ0n) is 7.82. The molecule has 2 rings (SSSR count). The van der Waals surface area contributed by atoms with E-state index in [0.717, 1.165) is 12.3 Å². The lowest BCUT2D eigenvalue weighted by molar-refractivity contribution is 0.0488. The standard InChI is InChI=1S/C9H13N3O2/c10-8-5-7(11-12-8)9(13)14-4-3-6-1-2-6/h5-6H,1-4H2,(H3,10,11,12). The summed E-state index contributed by atoms with van der Waals surface area (Å²) >= 11 is 0. The SMILES string of the molecule is Nc1cc(C(=O)OCCC2CC2)[nH]n1. The number of hydrogen-bond acceptors (Lipinski definition) is 4. The number of carbonyl (C=O) groups excluding carboxylic acids is 1. The summed E-state index contributed by atoms with van der Waals surface area (Å²) in [6.07, 6.45) is 3.51. The summed E-state index contributed by atoms with van der Waals surface area (Å²) in [7, 11) is 0. The molecule has 0 atom stereocenters. The average Bonchev–Trinajstić information content (AvgIpc) is 2.87. The van der Waals surface area contributed by atoms with Gasteiger partial charge in [0.25, 0.3) is 0 Å². The molecule has 0 saturated heterocycles. The molecule has 3 N–H and O–H groups in total. The molecule has 76 valence electrons. The number of nitrogen functional groups attached to an aromatic ring is 1. The highest BCUT2D eigenvalue weighted by atomic mass is 16.5. The first-order chi connectivity index (χ1) is 6.75. The number of rotatable bonds is 4. The summed E-state index contributed by atoms with van der Waals surface area (Å²) in [6, 6.07) is 1.47. The summed E-state index contributed by atoms with van der Waals surface area (Å²) < 4.78 is 5.03. The van der Waals surface area contributed by atoms with Gasteiger partial charge in [-0.1, -0.05) is 12.8 Å². The van der Waals surface area contributed by atoms with E-state index in [0.29, 0.717) is 18.1 Å². The number of nitrogens with zero attached hydrogens (tertiary/aromatic N) is 1. The number of nitrogens with one attached hydrogen (secondary N) is 1. The van der Waals surface area contributed by atoms with Gasteiger partial charge in [0.15, 0.2) is 0 Å². The van der Waals surface area contributed by atoms with Gasteiger partial charge in [0.05, 0.1) is 6.61 Å². The van der Waals surface area contributed by atoms with Gasteiger partial charge in [-0.15, -0.1) is 0 Å². The molecule has 5 heteroatoms. The van der Waals surface area contributed by atoms with E-state index in [1.165, 1.54) is 18.9 Å². The molecule has 0 aromatic carbocycles. The van der Waals surface area contributed by atoms with Crippen LogP contribution < -0.4 is 5.73 Å². The van der Waals surface area contributed by atoms with Gasteiger partial charge in [0.1, 0.15) is 11.5 Å². The maximum Gasteiger partial charge on any atom is 0.356 e. The minimum atomic E-state index is -0.380. The zero-order valence-corrected chi connectivity index (χ0v) is 7.82. The topological polar surface area (TPSA) is 81.0 Å². The zero-order chi connectivity index (χ0) is 9.97. The van der Waals surface area contributed by atoms with Crippen molar-refractivity contribution in [2.24, 2.45) is 5.92 Å². The second kappa shape index (κ2) is 3.69. The second-order valence-electron chi connectivity index (χ2n) is 3.57. The maximum atomic E-state index is 11.3. The van der Waals surface area contributed by atoms with Crippen LogP contribution in [0.5, 0.6) is 0 Å². The number of ether oxygens (including phenoxy) is 1. The summed E-state index contributed by atoms with van der Waals surface area (Å²) in [4.78, 5) is 11.3. The molecule has 0 spiro atoms. The van der Waals surface area contributed by atoms with Crippen LogP contribution in [0.2, 0.25) is 0 Å². The lowest BCUT2D eigenvalue weighted by Crippen LogP contribution is -2.07. The molecule has 0 radical (unpaired) electrons. The third-order valence-corrected chi connectivity index (χ3v) is 2.27. The van der Waals surface area contributed by atoms with Crippen molar-refractivity contribution in [1.29, 1.82) is 0 Å². The number of anilines is 1. The average molecular weight is 195 g/mol. The summed E-state index contributed by atoms with van der Waals surface area (Å²) in [5.41, 5.74) is 5.67. The van der Waals surface area contributed by atoms with Crippen LogP contribution in [-0.2, 0) is 4.74 Å². The fourth-order valence-electron chi connectivity index (χ4n) is 1.24. The Morgan fingerprint density at radius 1 is 1.71 bits per heavy atom. The first-order valence-corrected chi connectivity index (χ1v) is 4.73. The van der Waals surface area contributed by atoms with Crippen LogP contribution in [0.25, 0.3) is 0 Å². The monoisotopic (exact) mass is 195 g/mol. The third kappa shape index (κ3) is 2.25. The predicted molar refractivity (Wildman–Crippen MR) is 50.6 cm³/mol. The highest BCUT2D eigenvalue weighted by molar-refractivity contribution is 5.87. The molecule has 0 unspecified atom stereocenters. The van der Waals surface area contributed by atoms with Crippen molar-refractivity contribution in [2.45, 2.75) is 19.3 Å². The van der Waals surface area contributed by atoms with Crippen LogP contribution >= 0.6 is 0 Å². The molecule has 1 aliphatic carbocycles. The molecule has 0 amide bonds. The number of carbonyl (C=O) groups is 1. The Bertz CT molecular complexity index is 331. The van der Waals surface area contributed by atoms with E-state index in [-0.39, 0.29) is 5.97 Å². The number of H-pyrrole nitrogens is 1. The van der Waals surface area contributed by atoms with Crippen LogP contribution in [-0.4, -0.2) is 22.8 Å². The van der Waals surface area contributed by atoms with Gasteiger partial charge in [-0.25, -0.2) is 4.79 Å². The highest BCUT2D eigenvalue weighted by Crippen LogP contribution is 2.32. The van der Waals surface area contributed by atoms with Gasteiger partial charge < -0.3 is 10.5 Å². The van der Waals surface area contributed by atoms with E-state index in [1.807, 2.05) is 0 Å². The molecule has 14 heavy (non-hydrogen) atoms. The maximum absolute atomic E-state index is 11.3. The van der Waals surface area contributed by atoms with Crippen LogP contribution in [0.3, 0.4) is 0 Å². The molecular weight excluding hydrogens is 182 g/mol. The van der Waals surface area contributed by atoms with Crippen molar-refractivity contribution in [3.05, 3.63) is 11.8 Å². The Morgan fingerprint density at radius 2 is 2.50 bits per heavy atom. The fourth-order valence-corrected chi connectivity index (χ4v) is 1.24. The minimum Gasteiger partial charge on any atom is -0.461 e. The molecule has 1 heterocycles. The highest BCUT2D eigenvalue weighted by Gasteiger charge is 2.21. The molecule has 1 aromatic rings. The Balaban J connectivity index is 1.76. The van der Waals surface area contributed by atoms with Gasteiger partial charge in [-0.2, -0.15) is 5.10 Å². The van der Waals surface area contributed by atoms with Crippen molar-refractivity contribution in [3.63, 3.8) is 0 Å². The van der Waals surface area contributed by atoms with Gasteiger partial charge in [0.2, 0.25) is 0 Å². The van der Waals surface area contributed by atoms with Gasteiger partial charge in [-0.05, 0) is 12.3 Å². The van der Waals surface area contributed by atoms with Gasteiger partial charge in [-0.3, -0.25) is 5.10 Å². The molecule has 5 nitrogen and oxygen atoms in total. The van der Waals surface area contributed by atoms with Crippen molar-refractivity contribution >= 4 is 11.8 Å². The largest absolute Gasteiger partial charge is 0.461 e. The number of aromatic amines is 1. The quantitative estimate of drug-likeness (QED) is 0.701. The Labute approximate surface area is 81.6 Å². The first kappa shape index (κ1) is 9.05. The molecule has 1 aliphatic rings. The lowest BCUT2D eigenvalue weighted by Gasteiger charge is -2.00. The molecule has 1 aromatic heterocycles. The molecule has 1 fully saturated rings. The van der Waals surface area contributed by atoms with Crippen molar-refractivity contribution < 1.29 is 9.53 Å². The second-order valence-corrected chi connectivity index (χ2v) is 3.57. The molecule has 0 bridgehead atoms. The van der Waals surface area contributed by atoms with Crippen LogP contribution in [0.4, 0.5) is 5.82 Å². The van der Waals surface area contributed by atoms with Gasteiger partial charge in [0, 0.05) is 6.07 Å². The van der Waals surface area contributed by atoms with Crippen molar-refractivity contribution in [1.82, 2.24) is 10.2 Å². The molecular formula is C9H13N3O2. The third-order valence-electron chi connectivity index (χ3n) is 2.27. The van der Waals surface area contributed by atoms with E-state index in [1.54, 1.807) is 0 Å². The number of aromatic nitrogens is 2. The van der Waals surface area contributed by atoms with E-state index >= 15 is 0 Å². The minimum absolute atomic E-state index is 0.305. The van der Waals surface area contributed by atoms with Crippen LogP contribution in [0.15, 0.2) is 6.07 Å². The van der Waals surface area contributed by atoms with E-state index in [9.17, 15) is 4.79 Å². The molecule has 1 saturated carbocycles. The van der Waals surface area contributed by atoms with Gasteiger partial charge >= 0.3 is 5.97 Å². The lowest BCUT2D eigenvalue weighted by atomic mass is 10.3. The summed E-state index contributed by atoms with van der Waals surface area (Å²) in [5.74, 6) is 0.698. The number of esters is 1. The normalized spacial score (nSPS) is 15.4. The number of nitrogens with two attached hydrogens (primary N) is 1. The van der Waals surface area contributed by atoms with E-state index in [4.69, 9.17) is 10.5 Å². The summed E-state index contributed by atoms with van der Waals surface area (Å²) in [6.45, 7) is 0.489. The van der Waals surface area contributed by atoms with Crippen LogP contribution in [0, 0.1) is 5.92 Å². The Kier molecular flexibility index (Phi) is 2.39. The smallest absolute Gasteiger partial charge is 0.356 e. The fraction of sp³-hybridized carbons (Fsp3) is 0.556. The summed E-state index contributed by atoms with van der Waals surface area (Å²) in [5, 5.41) is 6.15. The van der Waals surface area contributed by atoms with Crippen molar-refractivity contribution in [2.75, 3.05) is 12.3 Å². The van der Waals surface area contributed by atoms with Crippen LogP contribution in [0.1, 0.15) is 29.8 Å². The molecule has 0 aliphatic heterocycles. The Morgan fingerprint density at radius 3 is 3.07 bits per heavy atom. The Hall–Kier alpha value is -1.52. The van der Waals surface area contributed by atoms with E-state index < -0.39 is 0 Å². The number of hydrogen-bond donors (Lipinski definition) is 2. The van der Waals surface area contributed by atoms with E-state index in [2.05, 4.69) is 10.2 Å².